The molecule has 0 saturated heterocycles. The van der Waals surface area contributed by atoms with Gasteiger partial charge in [-0.1, -0.05) is 31.2 Å². The fraction of sp³-hybridized carbons (Fsp3) is 0.429. The molecule has 0 radical (unpaired) electrons. The van der Waals surface area contributed by atoms with Crippen LogP contribution in [0.5, 0.6) is 0 Å². The number of hydrogen-bond donors (Lipinski definition) is 1. The molecule has 0 bridgehead atoms. The van der Waals surface area contributed by atoms with Crippen molar-refractivity contribution in [2.24, 2.45) is 21.9 Å². The lowest BCUT2D eigenvalue weighted by molar-refractivity contribution is 0.185. The van der Waals surface area contributed by atoms with Gasteiger partial charge in [0.1, 0.15) is 5.84 Å². The van der Waals surface area contributed by atoms with Crippen molar-refractivity contribution < 1.29 is 4.74 Å². The van der Waals surface area contributed by atoms with Gasteiger partial charge in [-0.15, -0.1) is 5.10 Å². The van der Waals surface area contributed by atoms with Gasteiger partial charge < -0.3 is 10.5 Å². The van der Waals surface area contributed by atoms with Crippen LogP contribution in [0.2, 0.25) is 0 Å². The first-order valence-electron chi connectivity index (χ1n) is 6.22. The number of benzene rings is 1. The molecule has 1 unspecified atom stereocenters. The highest BCUT2D eigenvalue weighted by molar-refractivity contribution is 6.05. The fourth-order valence-electron chi connectivity index (χ4n) is 2.16. The first-order chi connectivity index (χ1) is 8.74. The molecule has 1 atom stereocenters. The van der Waals surface area contributed by atoms with Crippen molar-refractivity contribution in [3.8, 4) is 0 Å². The Morgan fingerprint density at radius 3 is 2.61 bits per heavy atom. The van der Waals surface area contributed by atoms with Gasteiger partial charge in [-0.3, -0.25) is 0 Å². The minimum absolute atomic E-state index is 0.371. The monoisotopic (exact) mass is 245 g/mol. The van der Waals surface area contributed by atoms with Crippen molar-refractivity contribution in [2.75, 3.05) is 7.11 Å². The Kier molecular flexibility index (Phi) is 4.10. The second-order valence-electron chi connectivity index (χ2n) is 4.52. The van der Waals surface area contributed by atoms with Crippen LogP contribution in [0.1, 0.15) is 30.9 Å². The van der Waals surface area contributed by atoms with Crippen LogP contribution in [-0.2, 0) is 11.3 Å². The van der Waals surface area contributed by atoms with Gasteiger partial charge in [0, 0.05) is 19.4 Å². The Balaban J connectivity index is 2.24. The van der Waals surface area contributed by atoms with E-state index >= 15 is 0 Å². The molecule has 1 heterocycles. The lowest BCUT2D eigenvalue weighted by Crippen LogP contribution is -2.26. The SMILES string of the molecule is CCC1CC(N)=NN=C1c1ccc(COC)cc1. The van der Waals surface area contributed by atoms with Crippen LogP contribution in [0, 0.1) is 5.92 Å². The van der Waals surface area contributed by atoms with Crippen molar-refractivity contribution in [3.63, 3.8) is 0 Å². The van der Waals surface area contributed by atoms with Crippen molar-refractivity contribution in [3.05, 3.63) is 35.4 Å². The van der Waals surface area contributed by atoms with E-state index in [1.807, 2.05) is 0 Å². The lowest BCUT2D eigenvalue weighted by Gasteiger charge is -2.20. The van der Waals surface area contributed by atoms with E-state index in [0.717, 1.165) is 29.7 Å². The quantitative estimate of drug-likeness (QED) is 0.885. The van der Waals surface area contributed by atoms with E-state index in [0.29, 0.717) is 18.4 Å². The number of ether oxygens (including phenoxy) is 1. The van der Waals surface area contributed by atoms with E-state index in [4.69, 9.17) is 10.5 Å². The van der Waals surface area contributed by atoms with Gasteiger partial charge in [0.25, 0.3) is 0 Å². The molecule has 4 nitrogen and oxygen atoms in total. The molecule has 2 rings (SSSR count). The molecule has 0 spiro atoms. The predicted molar refractivity (Wildman–Crippen MR) is 73.7 cm³/mol. The Hall–Kier alpha value is -1.68. The minimum atomic E-state index is 0.371. The van der Waals surface area contributed by atoms with E-state index in [9.17, 15) is 0 Å². The number of nitrogens with two attached hydrogens (primary N) is 1. The summed E-state index contributed by atoms with van der Waals surface area (Å²) in [6.45, 7) is 2.78. The van der Waals surface area contributed by atoms with Gasteiger partial charge >= 0.3 is 0 Å². The summed E-state index contributed by atoms with van der Waals surface area (Å²) in [5, 5.41) is 8.26. The van der Waals surface area contributed by atoms with Gasteiger partial charge in [-0.05, 0) is 17.5 Å². The van der Waals surface area contributed by atoms with Gasteiger partial charge in [-0.2, -0.15) is 5.10 Å². The van der Waals surface area contributed by atoms with Crippen molar-refractivity contribution >= 4 is 11.5 Å². The summed E-state index contributed by atoms with van der Waals surface area (Å²) >= 11 is 0. The van der Waals surface area contributed by atoms with Crippen LogP contribution in [0.25, 0.3) is 0 Å². The molecule has 0 aromatic heterocycles. The molecular formula is C14H19N3O. The maximum Gasteiger partial charge on any atom is 0.123 e. The van der Waals surface area contributed by atoms with E-state index in [-0.39, 0.29) is 0 Å². The Morgan fingerprint density at radius 2 is 2.00 bits per heavy atom. The minimum Gasteiger partial charge on any atom is -0.386 e. The van der Waals surface area contributed by atoms with Crippen molar-refractivity contribution in [2.45, 2.75) is 26.4 Å². The van der Waals surface area contributed by atoms with Crippen LogP contribution in [0.3, 0.4) is 0 Å². The van der Waals surface area contributed by atoms with Crippen LogP contribution < -0.4 is 5.73 Å². The first kappa shape index (κ1) is 12.8. The summed E-state index contributed by atoms with van der Waals surface area (Å²) < 4.78 is 5.10. The van der Waals surface area contributed by atoms with E-state index < -0.39 is 0 Å². The standard InChI is InChI=1S/C14H19N3O/c1-3-11-8-13(15)16-17-14(11)12-6-4-10(5-7-12)9-18-2/h4-7,11H,3,8-9H2,1-2H3,(H2,15,16). The third-order valence-corrected chi connectivity index (χ3v) is 3.18. The maximum atomic E-state index is 5.73. The van der Waals surface area contributed by atoms with Crippen molar-refractivity contribution in [1.82, 2.24) is 0 Å². The van der Waals surface area contributed by atoms with Gasteiger partial charge in [0.2, 0.25) is 0 Å². The average Bonchev–Trinajstić information content (AvgIpc) is 2.40. The summed E-state index contributed by atoms with van der Waals surface area (Å²) in [6.07, 6.45) is 1.82. The van der Waals surface area contributed by atoms with Gasteiger partial charge in [0.15, 0.2) is 0 Å². The molecule has 2 N–H and O–H groups in total. The zero-order chi connectivity index (χ0) is 13.0. The highest BCUT2D eigenvalue weighted by Gasteiger charge is 2.21. The predicted octanol–water partition coefficient (Wildman–Crippen LogP) is 2.32. The third-order valence-electron chi connectivity index (χ3n) is 3.18. The second kappa shape index (κ2) is 5.78. The number of methoxy groups -OCH3 is 1. The first-order valence-corrected chi connectivity index (χ1v) is 6.22. The zero-order valence-corrected chi connectivity index (χ0v) is 10.9. The summed E-state index contributed by atoms with van der Waals surface area (Å²) in [7, 11) is 1.70. The Morgan fingerprint density at radius 1 is 1.28 bits per heavy atom. The maximum absolute atomic E-state index is 5.73. The fourth-order valence-corrected chi connectivity index (χ4v) is 2.16. The van der Waals surface area contributed by atoms with Crippen LogP contribution in [0.4, 0.5) is 0 Å². The molecule has 1 aromatic rings. The highest BCUT2D eigenvalue weighted by atomic mass is 16.5. The van der Waals surface area contributed by atoms with Crippen molar-refractivity contribution in [1.29, 1.82) is 0 Å². The second-order valence-corrected chi connectivity index (χ2v) is 4.52. The summed E-state index contributed by atoms with van der Waals surface area (Å²) in [4.78, 5) is 0. The van der Waals surface area contributed by atoms with E-state index in [2.05, 4.69) is 41.4 Å². The molecule has 4 heteroatoms. The number of amidine groups is 1. The number of rotatable bonds is 4. The molecule has 96 valence electrons. The zero-order valence-electron chi connectivity index (χ0n) is 10.9. The van der Waals surface area contributed by atoms with Gasteiger partial charge in [0.05, 0.1) is 12.3 Å². The lowest BCUT2D eigenvalue weighted by atomic mass is 9.90. The van der Waals surface area contributed by atoms with E-state index in [1.165, 1.54) is 0 Å². The molecule has 1 aliphatic heterocycles. The number of nitrogens with zero attached hydrogens (tertiary/aromatic N) is 2. The molecule has 1 aromatic carbocycles. The summed E-state index contributed by atoms with van der Waals surface area (Å²) in [5.74, 6) is 0.998. The Labute approximate surface area is 108 Å². The largest absolute Gasteiger partial charge is 0.386 e. The summed E-state index contributed by atoms with van der Waals surface area (Å²) in [6, 6.07) is 8.28. The summed E-state index contributed by atoms with van der Waals surface area (Å²) in [5.41, 5.74) is 9.05. The normalized spacial score (nSPS) is 19.3. The van der Waals surface area contributed by atoms with E-state index in [1.54, 1.807) is 7.11 Å². The van der Waals surface area contributed by atoms with Crippen LogP contribution >= 0.6 is 0 Å². The number of hydrogen-bond acceptors (Lipinski definition) is 4. The molecule has 0 saturated carbocycles. The van der Waals surface area contributed by atoms with Crippen LogP contribution in [0.15, 0.2) is 34.5 Å². The van der Waals surface area contributed by atoms with Crippen LogP contribution in [-0.4, -0.2) is 18.7 Å². The molecule has 0 aliphatic carbocycles. The Bertz CT molecular complexity index is 462. The molecule has 18 heavy (non-hydrogen) atoms. The smallest absolute Gasteiger partial charge is 0.123 e. The molecule has 0 fully saturated rings. The molecule has 0 amide bonds. The topological polar surface area (TPSA) is 60.0 Å². The average molecular weight is 245 g/mol. The molecular weight excluding hydrogens is 226 g/mol. The molecule has 1 aliphatic rings. The third kappa shape index (κ3) is 2.76. The highest BCUT2D eigenvalue weighted by Crippen LogP contribution is 2.21. The van der Waals surface area contributed by atoms with Gasteiger partial charge in [-0.25, -0.2) is 0 Å².